The van der Waals surface area contributed by atoms with Gasteiger partial charge < -0.3 is 4.42 Å². The van der Waals surface area contributed by atoms with Crippen molar-refractivity contribution < 1.29 is 13.6 Å². The first-order valence-electron chi connectivity index (χ1n) is 6.16. The van der Waals surface area contributed by atoms with Gasteiger partial charge in [0.2, 0.25) is 5.78 Å². The van der Waals surface area contributed by atoms with Crippen molar-refractivity contribution >= 4 is 44.3 Å². The summed E-state index contributed by atoms with van der Waals surface area (Å²) < 4.78 is 19.6. The molecule has 3 aromatic rings. The Morgan fingerprint density at radius 1 is 1.24 bits per heavy atom. The summed E-state index contributed by atoms with van der Waals surface area (Å²) in [6, 6.07) is 9.19. The van der Waals surface area contributed by atoms with Crippen LogP contribution in [-0.2, 0) is 0 Å². The van der Waals surface area contributed by atoms with Crippen molar-refractivity contribution in [3.63, 3.8) is 0 Å². The molecule has 0 bridgehead atoms. The smallest absolute Gasteiger partial charge is 0.230 e. The van der Waals surface area contributed by atoms with Crippen LogP contribution < -0.4 is 0 Å². The first-order chi connectivity index (χ1) is 9.97. The average Bonchev–Trinajstić information content (AvgIpc) is 2.75. The molecule has 1 heterocycles. The van der Waals surface area contributed by atoms with Gasteiger partial charge in [0.05, 0.1) is 5.02 Å². The fraction of sp³-hybridized carbons (Fsp3) is 0.0625. The third-order valence-electron chi connectivity index (χ3n) is 3.28. The maximum absolute atomic E-state index is 13.1. The third kappa shape index (κ3) is 2.49. The highest BCUT2D eigenvalue weighted by Gasteiger charge is 2.21. The number of aryl methyl sites for hydroxylation is 1. The molecule has 0 aliphatic carbocycles. The Morgan fingerprint density at radius 3 is 2.71 bits per heavy atom. The largest absolute Gasteiger partial charge is 0.452 e. The number of benzene rings is 2. The third-order valence-corrected chi connectivity index (χ3v) is 4.09. The Labute approximate surface area is 133 Å². The molecular weight excluding hydrogens is 359 g/mol. The van der Waals surface area contributed by atoms with Gasteiger partial charge in [0.25, 0.3) is 0 Å². The molecule has 0 fully saturated rings. The van der Waals surface area contributed by atoms with Gasteiger partial charge in [-0.3, -0.25) is 4.79 Å². The van der Waals surface area contributed by atoms with Gasteiger partial charge in [-0.1, -0.05) is 27.5 Å². The van der Waals surface area contributed by atoms with Gasteiger partial charge >= 0.3 is 0 Å². The van der Waals surface area contributed by atoms with Crippen molar-refractivity contribution in [1.29, 1.82) is 0 Å². The number of fused-ring (bicyclic) bond motifs is 1. The molecule has 106 valence electrons. The van der Waals surface area contributed by atoms with E-state index in [1.54, 1.807) is 6.07 Å². The second kappa shape index (κ2) is 5.28. The van der Waals surface area contributed by atoms with Crippen LogP contribution in [0.25, 0.3) is 11.0 Å². The standard InChI is InChI=1S/C16H9BrClFO2/c1-8-12-6-9(17)2-5-14(12)21-16(8)15(20)11-4-3-10(19)7-13(11)18/h2-7H,1H3. The summed E-state index contributed by atoms with van der Waals surface area (Å²) in [5.41, 5.74) is 1.58. The lowest BCUT2D eigenvalue weighted by atomic mass is 10.0. The van der Waals surface area contributed by atoms with Gasteiger partial charge in [-0.15, -0.1) is 0 Å². The van der Waals surface area contributed by atoms with Crippen molar-refractivity contribution in [2.45, 2.75) is 6.92 Å². The zero-order valence-corrected chi connectivity index (χ0v) is 13.3. The predicted octanol–water partition coefficient (Wildman–Crippen LogP) is 5.53. The van der Waals surface area contributed by atoms with Gasteiger partial charge in [-0.25, -0.2) is 4.39 Å². The molecule has 0 N–H and O–H groups in total. The Hall–Kier alpha value is -1.65. The quantitative estimate of drug-likeness (QED) is 0.558. The van der Waals surface area contributed by atoms with Crippen LogP contribution in [0.15, 0.2) is 45.3 Å². The molecule has 0 spiro atoms. The molecule has 0 atom stereocenters. The number of carbonyl (C=O) groups excluding carboxylic acids is 1. The number of hydrogen-bond donors (Lipinski definition) is 0. The average molecular weight is 368 g/mol. The fourth-order valence-corrected chi connectivity index (χ4v) is 2.82. The normalized spacial score (nSPS) is 11.0. The molecule has 0 aliphatic heterocycles. The zero-order chi connectivity index (χ0) is 15.1. The molecule has 5 heteroatoms. The van der Waals surface area contributed by atoms with Crippen molar-refractivity contribution in [3.8, 4) is 0 Å². The van der Waals surface area contributed by atoms with Crippen LogP contribution >= 0.6 is 27.5 Å². The maximum atomic E-state index is 13.1. The lowest BCUT2D eigenvalue weighted by Gasteiger charge is -2.02. The number of carbonyl (C=O) groups is 1. The van der Waals surface area contributed by atoms with Gasteiger partial charge in [0, 0.05) is 21.0 Å². The molecule has 1 aromatic heterocycles. The molecule has 0 saturated carbocycles. The van der Waals surface area contributed by atoms with E-state index in [2.05, 4.69) is 15.9 Å². The summed E-state index contributed by atoms with van der Waals surface area (Å²) in [7, 11) is 0. The predicted molar refractivity (Wildman–Crippen MR) is 83.5 cm³/mol. The molecule has 0 unspecified atom stereocenters. The molecule has 0 aliphatic rings. The number of furan rings is 1. The number of hydrogen-bond acceptors (Lipinski definition) is 2. The monoisotopic (exact) mass is 366 g/mol. The maximum Gasteiger partial charge on any atom is 0.230 e. The lowest BCUT2D eigenvalue weighted by Crippen LogP contribution is -2.02. The summed E-state index contributed by atoms with van der Waals surface area (Å²) in [5.74, 6) is -0.622. The summed E-state index contributed by atoms with van der Waals surface area (Å²) in [4.78, 5) is 12.5. The highest BCUT2D eigenvalue weighted by atomic mass is 79.9. The highest BCUT2D eigenvalue weighted by molar-refractivity contribution is 9.10. The van der Waals surface area contributed by atoms with Crippen LogP contribution in [0, 0.1) is 12.7 Å². The van der Waals surface area contributed by atoms with E-state index in [-0.39, 0.29) is 22.1 Å². The Morgan fingerprint density at radius 2 is 2.00 bits per heavy atom. The van der Waals surface area contributed by atoms with E-state index in [0.717, 1.165) is 21.5 Å². The van der Waals surface area contributed by atoms with E-state index in [4.69, 9.17) is 16.0 Å². The van der Waals surface area contributed by atoms with E-state index >= 15 is 0 Å². The number of halogens is 3. The fourth-order valence-electron chi connectivity index (χ4n) is 2.21. The zero-order valence-electron chi connectivity index (χ0n) is 10.9. The van der Waals surface area contributed by atoms with E-state index in [1.165, 1.54) is 12.1 Å². The van der Waals surface area contributed by atoms with E-state index < -0.39 is 5.82 Å². The molecule has 3 rings (SSSR count). The van der Waals surface area contributed by atoms with E-state index in [0.29, 0.717) is 5.58 Å². The van der Waals surface area contributed by atoms with Crippen LogP contribution in [-0.4, -0.2) is 5.78 Å². The SMILES string of the molecule is Cc1c(C(=O)c2ccc(F)cc2Cl)oc2ccc(Br)cc12. The second-order valence-corrected chi connectivity index (χ2v) is 5.97. The van der Waals surface area contributed by atoms with Crippen molar-refractivity contribution in [2.75, 3.05) is 0 Å². The second-order valence-electron chi connectivity index (χ2n) is 4.65. The minimum Gasteiger partial charge on any atom is -0.452 e. The first-order valence-corrected chi connectivity index (χ1v) is 7.33. The number of rotatable bonds is 2. The Balaban J connectivity index is 2.15. The molecule has 21 heavy (non-hydrogen) atoms. The topological polar surface area (TPSA) is 30.2 Å². The molecule has 0 amide bonds. The minimum absolute atomic E-state index is 0.0704. The molecule has 0 saturated heterocycles. The van der Waals surface area contributed by atoms with Gasteiger partial charge in [0.15, 0.2) is 5.76 Å². The summed E-state index contributed by atoms with van der Waals surface area (Å²) in [6.07, 6.45) is 0. The van der Waals surface area contributed by atoms with Gasteiger partial charge in [-0.2, -0.15) is 0 Å². The van der Waals surface area contributed by atoms with Crippen molar-refractivity contribution in [2.24, 2.45) is 0 Å². The van der Waals surface area contributed by atoms with Crippen LogP contribution in [0.3, 0.4) is 0 Å². The Kier molecular flexibility index (Phi) is 3.59. The lowest BCUT2D eigenvalue weighted by molar-refractivity contribution is 0.101. The summed E-state index contributed by atoms with van der Waals surface area (Å²) in [6.45, 7) is 1.81. The van der Waals surface area contributed by atoms with Gasteiger partial charge in [0.1, 0.15) is 11.4 Å². The van der Waals surface area contributed by atoms with Crippen LogP contribution in [0.4, 0.5) is 4.39 Å². The minimum atomic E-state index is -0.484. The van der Waals surface area contributed by atoms with E-state index in [1.807, 2.05) is 19.1 Å². The van der Waals surface area contributed by atoms with Crippen molar-refractivity contribution in [1.82, 2.24) is 0 Å². The molecule has 2 aromatic carbocycles. The molecular formula is C16H9BrClFO2. The molecule has 0 radical (unpaired) electrons. The highest BCUT2D eigenvalue weighted by Crippen LogP contribution is 2.30. The van der Waals surface area contributed by atoms with Crippen molar-refractivity contribution in [3.05, 3.63) is 68.6 Å². The van der Waals surface area contributed by atoms with Crippen LogP contribution in [0.5, 0.6) is 0 Å². The van der Waals surface area contributed by atoms with Crippen LogP contribution in [0.2, 0.25) is 5.02 Å². The number of ketones is 1. The van der Waals surface area contributed by atoms with E-state index in [9.17, 15) is 9.18 Å². The van der Waals surface area contributed by atoms with Gasteiger partial charge in [-0.05, 0) is 43.3 Å². The molecule has 2 nitrogen and oxygen atoms in total. The Bertz CT molecular complexity index is 870. The first kappa shape index (κ1) is 14.3. The summed E-state index contributed by atoms with van der Waals surface area (Å²) >= 11 is 9.33. The van der Waals surface area contributed by atoms with Crippen LogP contribution in [0.1, 0.15) is 21.7 Å². The summed E-state index contributed by atoms with van der Waals surface area (Å²) in [5, 5.41) is 0.923.